The first-order valence-corrected chi connectivity index (χ1v) is 10.5. The molecule has 176 valence electrons. The summed E-state index contributed by atoms with van der Waals surface area (Å²) in [7, 11) is 2.72. The van der Waals surface area contributed by atoms with Gasteiger partial charge in [-0.05, 0) is 47.8 Å². The Morgan fingerprint density at radius 3 is 2.44 bits per heavy atom. The number of hydrogen-bond donors (Lipinski definition) is 3. The summed E-state index contributed by atoms with van der Waals surface area (Å²) in [5.74, 6) is -0.166. The maximum absolute atomic E-state index is 12.8. The van der Waals surface area contributed by atoms with Crippen molar-refractivity contribution in [3.8, 4) is 5.75 Å². The zero-order valence-electron chi connectivity index (χ0n) is 19.3. The van der Waals surface area contributed by atoms with Gasteiger partial charge in [0.05, 0.1) is 20.8 Å². The Morgan fingerprint density at radius 2 is 1.88 bits per heavy atom. The fourth-order valence-electron chi connectivity index (χ4n) is 4.83. The molecule has 1 saturated carbocycles. The number of carbonyl (C=O) groups excluding carboxylic acids is 3. The fourth-order valence-corrected chi connectivity index (χ4v) is 4.83. The van der Waals surface area contributed by atoms with E-state index in [9.17, 15) is 19.5 Å². The molecule has 4 atom stereocenters. The lowest BCUT2D eigenvalue weighted by atomic mass is 9.62. The number of benzene rings is 1. The molecule has 0 radical (unpaired) electrons. The van der Waals surface area contributed by atoms with E-state index >= 15 is 0 Å². The number of isocyanates is 1. The average Bonchev–Trinajstić information content (AvgIpc) is 2.73. The molecule has 0 aromatic heterocycles. The molecule has 0 saturated heterocycles. The number of carbonyl (C=O) groups is 2. The SMILES string of the molecule is COC(=O)C(NC(=O)NC1CC(C)(C)CC(C)(CN=C=O)C1)C(O)c1ccc(OC)cc1. The Bertz CT molecular complexity index is 850. The molecule has 2 rings (SSSR count). The minimum absolute atomic E-state index is 0.0757. The van der Waals surface area contributed by atoms with E-state index in [-0.39, 0.29) is 16.9 Å². The van der Waals surface area contributed by atoms with Crippen LogP contribution in [0.1, 0.15) is 51.7 Å². The first-order chi connectivity index (χ1) is 15.0. The van der Waals surface area contributed by atoms with Crippen LogP contribution in [-0.4, -0.2) is 56.0 Å². The van der Waals surface area contributed by atoms with Crippen LogP contribution in [0.4, 0.5) is 4.79 Å². The van der Waals surface area contributed by atoms with E-state index in [4.69, 9.17) is 9.47 Å². The van der Waals surface area contributed by atoms with Gasteiger partial charge in [-0.2, -0.15) is 0 Å². The summed E-state index contributed by atoms with van der Waals surface area (Å²) >= 11 is 0. The minimum Gasteiger partial charge on any atom is -0.497 e. The lowest BCUT2D eigenvalue weighted by molar-refractivity contribution is -0.146. The first-order valence-electron chi connectivity index (χ1n) is 10.5. The van der Waals surface area contributed by atoms with Crippen molar-refractivity contribution in [2.45, 2.75) is 58.2 Å². The van der Waals surface area contributed by atoms with Crippen LogP contribution in [0.15, 0.2) is 29.3 Å². The van der Waals surface area contributed by atoms with Gasteiger partial charge >= 0.3 is 12.0 Å². The van der Waals surface area contributed by atoms with Gasteiger partial charge in [-0.1, -0.05) is 32.9 Å². The van der Waals surface area contributed by atoms with Crippen molar-refractivity contribution in [2.75, 3.05) is 20.8 Å². The maximum atomic E-state index is 12.8. The Morgan fingerprint density at radius 1 is 1.22 bits per heavy atom. The number of ether oxygens (including phenoxy) is 2. The topological polar surface area (TPSA) is 126 Å². The summed E-state index contributed by atoms with van der Waals surface area (Å²) in [6.45, 7) is 6.57. The summed E-state index contributed by atoms with van der Waals surface area (Å²) in [6.07, 6.45) is 2.48. The summed E-state index contributed by atoms with van der Waals surface area (Å²) in [6, 6.07) is 4.46. The summed E-state index contributed by atoms with van der Waals surface area (Å²) in [4.78, 5) is 39.4. The zero-order chi connectivity index (χ0) is 23.9. The van der Waals surface area contributed by atoms with Gasteiger partial charge in [-0.25, -0.2) is 19.4 Å². The third-order valence-corrected chi connectivity index (χ3v) is 5.82. The molecule has 0 heterocycles. The van der Waals surface area contributed by atoms with E-state index in [2.05, 4.69) is 29.5 Å². The summed E-state index contributed by atoms with van der Waals surface area (Å²) < 4.78 is 9.89. The highest BCUT2D eigenvalue weighted by atomic mass is 16.5. The number of urea groups is 1. The fraction of sp³-hybridized carbons (Fsp3) is 0.609. The third-order valence-electron chi connectivity index (χ3n) is 5.82. The van der Waals surface area contributed by atoms with Crippen molar-refractivity contribution in [3.63, 3.8) is 0 Å². The summed E-state index contributed by atoms with van der Waals surface area (Å²) in [5, 5.41) is 16.2. The molecular formula is C23H33N3O6. The normalized spacial score (nSPS) is 23.8. The number of aliphatic hydroxyl groups is 1. The number of nitrogens with one attached hydrogen (secondary N) is 2. The van der Waals surface area contributed by atoms with Crippen LogP contribution in [0.2, 0.25) is 0 Å². The van der Waals surface area contributed by atoms with Crippen molar-refractivity contribution in [1.82, 2.24) is 10.6 Å². The van der Waals surface area contributed by atoms with Crippen LogP contribution in [0.5, 0.6) is 5.75 Å². The lowest BCUT2D eigenvalue weighted by Crippen LogP contribution is -2.54. The van der Waals surface area contributed by atoms with E-state index < -0.39 is 24.1 Å². The van der Waals surface area contributed by atoms with Gasteiger partial charge < -0.3 is 25.2 Å². The molecule has 1 aliphatic rings. The molecule has 1 aromatic rings. The molecule has 0 bridgehead atoms. The quantitative estimate of drug-likeness (QED) is 0.319. The van der Waals surface area contributed by atoms with Crippen molar-refractivity contribution in [1.29, 1.82) is 0 Å². The summed E-state index contributed by atoms with van der Waals surface area (Å²) in [5.41, 5.74) is 0.0921. The van der Waals surface area contributed by atoms with Crippen LogP contribution < -0.4 is 15.4 Å². The second-order valence-corrected chi connectivity index (χ2v) is 9.50. The number of methoxy groups -OCH3 is 2. The van der Waals surface area contributed by atoms with Gasteiger partial charge in [-0.15, -0.1) is 0 Å². The predicted octanol–water partition coefficient (Wildman–Crippen LogP) is 2.49. The number of esters is 1. The van der Waals surface area contributed by atoms with Crippen LogP contribution >= 0.6 is 0 Å². The highest BCUT2D eigenvalue weighted by Crippen LogP contribution is 2.46. The Hall–Kier alpha value is -2.90. The van der Waals surface area contributed by atoms with Crippen LogP contribution in [0, 0.1) is 10.8 Å². The van der Waals surface area contributed by atoms with Crippen LogP contribution in [0.3, 0.4) is 0 Å². The van der Waals surface area contributed by atoms with Gasteiger partial charge in [0.25, 0.3) is 0 Å². The van der Waals surface area contributed by atoms with Crippen molar-refractivity contribution in [3.05, 3.63) is 29.8 Å². The van der Waals surface area contributed by atoms with E-state index in [1.807, 2.05) is 6.92 Å². The number of amides is 2. The first kappa shape index (κ1) is 25.4. The van der Waals surface area contributed by atoms with Gasteiger partial charge in [0.2, 0.25) is 6.08 Å². The van der Waals surface area contributed by atoms with E-state index in [0.717, 1.165) is 12.8 Å². The molecule has 1 aliphatic carbocycles. The molecule has 0 spiro atoms. The van der Waals surface area contributed by atoms with Gasteiger partial charge in [-0.3, -0.25) is 0 Å². The Balaban J connectivity index is 2.12. The number of aliphatic hydroxyl groups excluding tert-OH is 1. The van der Waals surface area contributed by atoms with Crippen molar-refractivity contribution < 1.29 is 29.0 Å². The molecule has 32 heavy (non-hydrogen) atoms. The van der Waals surface area contributed by atoms with E-state index in [1.165, 1.54) is 14.2 Å². The monoisotopic (exact) mass is 447 g/mol. The van der Waals surface area contributed by atoms with Crippen LogP contribution in [-0.2, 0) is 14.3 Å². The molecule has 0 aliphatic heterocycles. The molecule has 1 aromatic carbocycles. The molecular weight excluding hydrogens is 414 g/mol. The number of nitrogens with zero attached hydrogens (tertiary/aromatic N) is 1. The molecule has 3 N–H and O–H groups in total. The van der Waals surface area contributed by atoms with Gasteiger partial charge in [0.1, 0.15) is 11.9 Å². The number of aliphatic imine (C=N–C) groups is 1. The van der Waals surface area contributed by atoms with Crippen LogP contribution in [0.25, 0.3) is 0 Å². The van der Waals surface area contributed by atoms with Gasteiger partial charge in [0.15, 0.2) is 6.04 Å². The molecule has 2 amide bonds. The van der Waals surface area contributed by atoms with E-state index in [1.54, 1.807) is 30.3 Å². The Labute approximate surface area is 188 Å². The standard InChI is InChI=1S/C23H33N3O6/c1-22(2)10-16(11-23(3,12-22)13-24-14-27)25-21(30)26-18(20(29)32-5)19(28)15-6-8-17(31-4)9-7-15/h6-9,16,18-19,28H,10-13H2,1-5H3,(H2,25,26,30). The predicted molar refractivity (Wildman–Crippen MR) is 118 cm³/mol. The zero-order valence-corrected chi connectivity index (χ0v) is 19.3. The second kappa shape index (κ2) is 10.6. The van der Waals surface area contributed by atoms with Crippen molar-refractivity contribution in [2.24, 2.45) is 15.8 Å². The third kappa shape index (κ3) is 6.80. The van der Waals surface area contributed by atoms with Crippen molar-refractivity contribution >= 4 is 18.1 Å². The smallest absolute Gasteiger partial charge is 0.331 e. The lowest BCUT2D eigenvalue weighted by Gasteiger charge is -2.46. The maximum Gasteiger partial charge on any atom is 0.331 e. The average molecular weight is 448 g/mol. The molecule has 4 unspecified atom stereocenters. The van der Waals surface area contributed by atoms with E-state index in [0.29, 0.717) is 24.3 Å². The molecule has 9 heteroatoms. The number of hydrogen-bond acceptors (Lipinski definition) is 7. The Kier molecular flexibility index (Phi) is 8.41. The second-order valence-electron chi connectivity index (χ2n) is 9.50. The highest BCUT2D eigenvalue weighted by molar-refractivity contribution is 5.84. The van der Waals surface area contributed by atoms with Gasteiger partial charge in [0, 0.05) is 6.04 Å². The largest absolute Gasteiger partial charge is 0.497 e. The molecule has 9 nitrogen and oxygen atoms in total. The molecule has 1 fully saturated rings. The minimum atomic E-state index is -1.31. The highest BCUT2D eigenvalue weighted by Gasteiger charge is 2.42. The number of rotatable bonds is 8.